The van der Waals surface area contributed by atoms with Crippen molar-refractivity contribution in [1.29, 1.82) is 0 Å². The van der Waals surface area contributed by atoms with Crippen molar-refractivity contribution < 1.29 is 23.7 Å². The summed E-state index contributed by atoms with van der Waals surface area (Å²) in [4.78, 5) is 12.4. The van der Waals surface area contributed by atoms with Crippen LogP contribution in [0.3, 0.4) is 0 Å². The number of Topliss-reactive ketones (excluding diaryl/α,β-unsaturated/α-hetero) is 1. The highest BCUT2D eigenvalue weighted by Gasteiger charge is 2.28. The van der Waals surface area contributed by atoms with Crippen LogP contribution in [0.15, 0.2) is 42.2 Å². The van der Waals surface area contributed by atoms with Gasteiger partial charge in [0.15, 0.2) is 17.3 Å². The maximum atomic E-state index is 12.4. The summed E-state index contributed by atoms with van der Waals surface area (Å²) < 4.78 is 21.5. The monoisotopic (exact) mass is 312 g/mol. The molecular formula is C18H16O5. The number of ketones is 1. The Kier molecular flexibility index (Phi) is 3.93. The summed E-state index contributed by atoms with van der Waals surface area (Å²) in [6.45, 7) is 0. The number of allylic oxidation sites excluding steroid dienone is 1. The lowest BCUT2D eigenvalue weighted by molar-refractivity contribution is 0.101. The van der Waals surface area contributed by atoms with Gasteiger partial charge in [0.25, 0.3) is 0 Å². The van der Waals surface area contributed by atoms with Crippen LogP contribution in [0.1, 0.15) is 15.9 Å². The minimum Gasteiger partial charge on any atom is -0.497 e. The van der Waals surface area contributed by atoms with E-state index in [1.807, 2.05) is 12.1 Å². The number of carbonyl (C=O) groups is 1. The van der Waals surface area contributed by atoms with Gasteiger partial charge in [-0.2, -0.15) is 0 Å². The third-order valence-corrected chi connectivity index (χ3v) is 3.60. The molecule has 0 atom stereocenters. The summed E-state index contributed by atoms with van der Waals surface area (Å²) >= 11 is 0. The molecule has 0 saturated heterocycles. The summed E-state index contributed by atoms with van der Waals surface area (Å²) in [6, 6.07) is 10.6. The molecule has 0 amide bonds. The van der Waals surface area contributed by atoms with Crippen LogP contribution in [0, 0.1) is 0 Å². The Morgan fingerprint density at radius 1 is 1.00 bits per heavy atom. The zero-order valence-electron chi connectivity index (χ0n) is 13.1. The summed E-state index contributed by atoms with van der Waals surface area (Å²) in [5.41, 5.74) is 1.22. The Hall–Kier alpha value is -2.95. The van der Waals surface area contributed by atoms with Crippen molar-refractivity contribution in [2.75, 3.05) is 21.3 Å². The van der Waals surface area contributed by atoms with Crippen LogP contribution in [0.25, 0.3) is 6.08 Å². The van der Waals surface area contributed by atoms with Gasteiger partial charge < -0.3 is 18.9 Å². The second-order valence-corrected chi connectivity index (χ2v) is 4.88. The van der Waals surface area contributed by atoms with Crippen LogP contribution in [-0.2, 0) is 0 Å². The largest absolute Gasteiger partial charge is 0.497 e. The predicted octanol–water partition coefficient (Wildman–Crippen LogP) is 3.33. The Morgan fingerprint density at radius 3 is 2.52 bits per heavy atom. The summed E-state index contributed by atoms with van der Waals surface area (Å²) in [6.07, 6.45) is 1.65. The van der Waals surface area contributed by atoms with E-state index in [0.717, 1.165) is 0 Å². The maximum Gasteiger partial charge on any atom is 0.231 e. The van der Waals surface area contributed by atoms with E-state index >= 15 is 0 Å². The van der Waals surface area contributed by atoms with Crippen molar-refractivity contribution in [3.63, 3.8) is 0 Å². The molecule has 1 aliphatic heterocycles. The molecule has 2 aromatic carbocycles. The lowest BCUT2D eigenvalue weighted by atomic mass is 10.1. The number of rotatable bonds is 4. The Labute approximate surface area is 134 Å². The highest BCUT2D eigenvalue weighted by molar-refractivity contribution is 6.14. The molecule has 5 heteroatoms. The number of carbonyl (C=O) groups excluding carboxylic acids is 1. The van der Waals surface area contributed by atoms with Gasteiger partial charge >= 0.3 is 0 Å². The van der Waals surface area contributed by atoms with Crippen molar-refractivity contribution in [1.82, 2.24) is 0 Å². The molecule has 3 rings (SSSR count). The van der Waals surface area contributed by atoms with Crippen molar-refractivity contribution in [2.24, 2.45) is 0 Å². The lowest BCUT2D eigenvalue weighted by Crippen LogP contribution is -1.99. The molecule has 0 N–H and O–H groups in total. The van der Waals surface area contributed by atoms with Gasteiger partial charge in [-0.15, -0.1) is 0 Å². The summed E-state index contributed by atoms with van der Waals surface area (Å²) in [7, 11) is 4.68. The predicted molar refractivity (Wildman–Crippen MR) is 85.5 cm³/mol. The van der Waals surface area contributed by atoms with E-state index in [4.69, 9.17) is 18.9 Å². The molecule has 0 saturated carbocycles. The maximum absolute atomic E-state index is 12.4. The van der Waals surface area contributed by atoms with Gasteiger partial charge in [-0.1, -0.05) is 12.1 Å². The number of ether oxygens (including phenoxy) is 4. The average molecular weight is 312 g/mol. The van der Waals surface area contributed by atoms with Gasteiger partial charge in [0.1, 0.15) is 11.5 Å². The van der Waals surface area contributed by atoms with Crippen LogP contribution in [-0.4, -0.2) is 27.1 Å². The first-order valence-electron chi connectivity index (χ1n) is 7.01. The van der Waals surface area contributed by atoms with E-state index in [9.17, 15) is 4.79 Å². The molecule has 0 spiro atoms. The molecule has 118 valence electrons. The van der Waals surface area contributed by atoms with E-state index in [-0.39, 0.29) is 11.5 Å². The number of fused-ring (bicyclic) bond motifs is 1. The standard InChI is InChI=1S/C18H16O5/c1-20-12-7-8-13-15(10-12)23-16(17(13)19)9-11-5-4-6-14(21-2)18(11)22-3/h4-10H,1-3H3/b16-9-. The molecule has 0 bridgehead atoms. The second-order valence-electron chi connectivity index (χ2n) is 4.88. The Balaban J connectivity index is 2.01. The summed E-state index contributed by atoms with van der Waals surface area (Å²) in [5.74, 6) is 2.32. The van der Waals surface area contributed by atoms with Crippen molar-refractivity contribution in [2.45, 2.75) is 0 Å². The highest BCUT2D eigenvalue weighted by Crippen LogP contribution is 2.37. The van der Waals surface area contributed by atoms with Crippen LogP contribution in [0.2, 0.25) is 0 Å². The molecule has 1 aliphatic rings. The molecule has 1 heterocycles. The molecular weight excluding hydrogens is 296 g/mol. The van der Waals surface area contributed by atoms with E-state index in [0.29, 0.717) is 34.1 Å². The van der Waals surface area contributed by atoms with Gasteiger partial charge in [-0.3, -0.25) is 4.79 Å². The fourth-order valence-electron chi connectivity index (χ4n) is 2.46. The van der Waals surface area contributed by atoms with Crippen LogP contribution < -0.4 is 18.9 Å². The van der Waals surface area contributed by atoms with E-state index < -0.39 is 0 Å². The first-order valence-corrected chi connectivity index (χ1v) is 7.01. The van der Waals surface area contributed by atoms with Crippen molar-refractivity contribution in [3.8, 4) is 23.0 Å². The fraction of sp³-hybridized carbons (Fsp3) is 0.167. The van der Waals surface area contributed by atoms with E-state index in [1.54, 1.807) is 51.7 Å². The third-order valence-electron chi connectivity index (χ3n) is 3.60. The van der Waals surface area contributed by atoms with Crippen LogP contribution >= 0.6 is 0 Å². The molecule has 0 aromatic heterocycles. The zero-order chi connectivity index (χ0) is 16.4. The van der Waals surface area contributed by atoms with Crippen molar-refractivity contribution >= 4 is 11.9 Å². The first kappa shape index (κ1) is 15.0. The number of benzene rings is 2. The quantitative estimate of drug-likeness (QED) is 0.811. The Bertz CT molecular complexity index is 792. The summed E-state index contributed by atoms with van der Waals surface area (Å²) in [5, 5.41) is 0. The fourth-order valence-corrected chi connectivity index (χ4v) is 2.46. The smallest absolute Gasteiger partial charge is 0.231 e. The third kappa shape index (κ3) is 2.61. The zero-order valence-corrected chi connectivity index (χ0v) is 13.1. The molecule has 2 aromatic rings. The molecule has 0 fully saturated rings. The molecule has 5 nitrogen and oxygen atoms in total. The number of hydrogen-bond donors (Lipinski definition) is 0. The minimum atomic E-state index is -0.174. The SMILES string of the molecule is COc1ccc2c(c1)O/C(=C\c1cccc(OC)c1OC)C2=O. The van der Waals surface area contributed by atoms with Gasteiger partial charge in [0, 0.05) is 11.6 Å². The second kappa shape index (κ2) is 6.04. The van der Waals surface area contributed by atoms with Gasteiger partial charge in [-0.05, 0) is 24.3 Å². The normalized spacial score (nSPS) is 14.4. The Morgan fingerprint density at radius 2 is 1.83 bits per heavy atom. The van der Waals surface area contributed by atoms with Gasteiger partial charge in [-0.25, -0.2) is 0 Å². The van der Waals surface area contributed by atoms with E-state index in [2.05, 4.69) is 0 Å². The van der Waals surface area contributed by atoms with E-state index in [1.165, 1.54) is 0 Å². The molecule has 0 unspecified atom stereocenters. The van der Waals surface area contributed by atoms with Gasteiger partial charge in [0.2, 0.25) is 5.78 Å². The lowest BCUT2D eigenvalue weighted by Gasteiger charge is -2.10. The number of methoxy groups -OCH3 is 3. The average Bonchev–Trinajstić information content (AvgIpc) is 2.89. The number of para-hydroxylation sites is 1. The first-order chi connectivity index (χ1) is 11.2. The number of hydrogen-bond acceptors (Lipinski definition) is 5. The topological polar surface area (TPSA) is 54.0 Å². The van der Waals surface area contributed by atoms with Crippen LogP contribution in [0.4, 0.5) is 0 Å². The highest BCUT2D eigenvalue weighted by atomic mass is 16.5. The van der Waals surface area contributed by atoms with Gasteiger partial charge in [0.05, 0.1) is 26.9 Å². The molecule has 23 heavy (non-hydrogen) atoms. The van der Waals surface area contributed by atoms with Crippen LogP contribution in [0.5, 0.6) is 23.0 Å². The van der Waals surface area contributed by atoms with Crippen molar-refractivity contribution in [3.05, 3.63) is 53.3 Å². The minimum absolute atomic E-state index is 0.174. The molecule has 0 aliphatic carbocycles. The molecule has 0 radical (unpaired) electrons.